The molecule has 1 aliphatic rings. The monoisotopic (exact) mass is 407 g/mol. The Labute approximate surface area is 165 Å². The first-order chi connectivity index (χ1) is 12.9. The number of nitro groups is 1. The number of hydrogen-bond donors (Lipinski definition) is 1. The Bertz CT molecular complexity index is 919. The van der Waals surface area contributed by atoms with Crippen LogP contribution in [0.1, 0.15) is 23.2 Å². The number of amides is 2. The number of anilines is 1. The Balaban J connectivity index is 1.78. The summed E-state index contributed by atoms with van der Waals surface area (Å²) in [5.41, 5.74) is 0.409. The average Bonchev–Trinajstić information content (AvgIpc) is 3.13. The summed E-state index contributed by atoms with van der Waals surface area (Å²) in [6.07, 6.45) is 1.15. The molecule has 27 heavy (non-hydrogen) atoms. The number of benzene rings is 2. The van der Waals surface area contributed by atoms with Crippen molar-refractivity contribution in [2.45, 2.75) is 18.9 Å². The van der Waals surface area contributed by atoms with Gasteiger partial charge in [-0.2, -0.15) is 0 Å². The van der Waals surface area contributed by atoms with Crippen LogP contribution in [0.15, 0.2) is 42.5 Å². The molecule has 1 N–H and O–H groups in total. The predicted molar refractivity (Wildman–Crippen MR) is 102 cm³/mol. The molecule has 0 bridgehead atoms. The number of carbonyl (C=O) groups is 2. The number of nitro benzene ring substituents is 1. The lowest BCUT2D eigenvalue weighted by atomic mass is 10.1. The summed E-state index contributed by atoms with van der Waals surface area (Å²) in [4.78, 5) is 37.3. The minimum atomic E-state index is -0.688. The molecule has 0 radical (unpaired) electrons. The molecular formula is C18H15Cl2N3O4. The average molecular weight is 408 g/mol. The van der Waals surface area contributed by atoms with Gasteiger partial charge in [0.2, 0.25) is 5.91 Å². The Morgan fingerprint density at radius 2 is 1.96 bits per heavy atom. The van der Waals surface area contributed by atoms with Crippen molar-refractivity contribution >= 4 is 46.4 Å². The minimum absolute atomic E-state index is 0.127. The van der Waals surface area contributed by atoms with E-state index in [4.69, 9.17) is 23.2 Å². The third-order valence-corrected chi connectivity index (χ3v) is 4.86. The van der Waals surface area contributed by atoms with Crippen molar-refractivity contribution in [1.82, 2.24) is 4.90 Å². The number of carbonyl (C=O) groups excluding carboxylic acids is 2. The summed E-state index contributed by atoms with van der Waals surface area (Å²) in [5, 5.41) is 14.1. The van der Waals surface area contributed by atoms with Gasteiger partial charge in [-0.15, -0.1) is 0 Å². The molecule has 140 valence electrons. The smallest absolute Gasteiger partial charge is 0.271 e. The second kappa shape index (κ2) is 7.94. The van der Waals surface area contributed by atoms with Crippen molar-refractivity contribution in [3.8, 4) is 0 Å². The molecule has 1 aliphatic heterocycles. The van der Waals surface area contributed by atoms with Gasteiger partial charge in [0.15, 0.2) is 0 Å². The molecule has 2 aromatic rings. The maximum Gasteiger partial charge on any atom is 0.271 e. The van der Waals surface area contributed by atoms with Crippen molar-refractivity contribution in [3.05, 3.63) is 68.2 Å². The fraction of sp³-hybridized carbons (Fsp3) is 0.222. The number of likely N-dealkylation sites (tertiary alicyclic amines) is 1. The van der Waals surface area contributed by atoms with Gasteiger partial charge < -0.3 is 10.2 Å². The predicted octanol–water partition coefficient (Wildman–Crippen LogP) is 4.14. The molecule has 7 nitrogen and oxygen atoms in total. The number of rotatable bonds is 4. The zero-order valence-corrected chi connectivity index (χ0v) is 15.5. The van der Waals surface area contributed by atoms with Crippen LogP contribution >= 0.6 is 23.2 Å². The van der Waals surface area contributed by atoms with E-state index in [0.29, 0.717) is 30.1 Å². The van der Waals surface area contributed by atoms with E-state index in [-0.39, 0.29) is 22.2 Å². The van der Waals surface area contributed by atoms with E-state index in [0.717, 1.165) is 0 Å². The Morgan fingerprint density at radius 1 is 1.19 bits per heavy atom. The van der Waals surface area contributed by atoms with Crippen molar-refractivity contribution in [2.24, 2.45) is 0 Å². The van der Waals surface area contributed by atoms with Gasteiger partial charge >= 0.3 is 0 Å². The molecule has 9 heteroatoms. The van der Waals surface area contributed by atoms with Crippen LogP contribution in [0.25, 0.3) is 0 Å². The summed E-state index contributed by atoms with van der Waals surface area (Å²) in [6.45, 7) is 0.411. The van der Waals surface area contributed by atoms with Crippen LogP contribution in [0.5, 0.6) is 0 Å². The Hall–Kier alpha value is -2.64. The van der Waals surface area contributed by atoms with Gasteiger partial charge in [0, 0.05) is 29.4 Å². The van der Waals surface area contributed by atoms with E-state index in [1.54, 1.807) is 12.1 Å². The van der Waals surface area contributed by atoms with Crippen LogP contribution in [0.2, 0.25) is 10.0 Å². The van der Waals surface area contributed by atoms with Crippen molar-refractivity contribution < 1.29 is 14.5 Å². The fourth-order valence-electron chi connectivity index (χ4n) is 3.02. The molecular weight excluding hydrogens is 393 g/mol. The highest BCUT2D eigenvalue weighted by molar-refractivity contribution is 6.35. The lowest BCUT2D eigenvalue weighted by Gasteiger charge is -2.24. The normalized spacial score (nSPS) is 16.2. The number of nitrogens with one attached hydrogen (secondary N) is 1. The van der Waals surface area contributed by atoms with E-state index in [1.165, 1.54) is 35.2 Å². The summed E-state index contributed by atoms with van der Waals surface area (Å²) in [6, 6.07) is 9.54. The molecule has 3 rings (SSSR count). The zero-order valence-electron chi connectivity index (χ0n) is 14.0. The molecule has 1 fully saturated rings. The van der Waals surface area contributed by atoms with Gasteiger partial charge in [-0.1, -0.05) is 29.3 Å². The molecule has 0 aromatic heterocycles. The van der Waals surface area contributed by atoms with E-state index in [1.807, 2.05) is 0 Å². The molecule has 2 amide bonds. The van der Waals surface area contributed by atoms with E-state index < -0.39 is 16.9 Å². The molecule has 0 saturated carbocycles. The molecule has 1 atom stereocenters. The maximum absolute atomic E-state index is 12.8. The van der Waals surface area contributed by atoms with Gasteiger partial charge in [-0.25, -0.2) is 0 Å². The van der Waals surface area contributed by atoms with Crippen LogP contribution in [0.4, 0.5) is 11.4 Å². The molecule has 0 aliphatic carbocycles. The van der Waals surface area contributed by atoms with Gasteiger partial charge in [-0.05, 0) is 37.1 Å². The second-order valence-electron chi connectivity index (χ2n) is 6.08. The number of nitrogens with zero attached hydrogens (tertiary/aromatic N) is 2. The van der Waals surface area contributed by atoms with Gasteiger partial charge in [-0.3, -0.25) is 19.7 Å². The lowest BCUT2D eigenvalue weighted by Crippen LogP contribution is -2.43. The topological polar surface area (TPSA) is 92.5 Å². The lowest BCUT2D eigenvalue weighted by molar-refractivity contribution is -0.384. The zero-order chi connectivity index (χ0) is 19.6. The van der Waals surface area contributed by atoms with E-state index >= 15 is 0 Å². The van der Waals surface area contributed by atoms with Gasteiger partial charge in [0.1, 0.15) is 6.04 Å². The maximum atomic E-state index is 12.8. The third-order valence-electron chi connectivity index (χ3n) is 4.30. The molecule has 2 aromatic carbocycles. The molecule has 0 unspecified atom stereocenters. The van der Waals surface area contributed by atoms with Crippen molar-refractivity contribution in [2.75, 3.05) is 11.9 Å². The summed E-state index contributed by atoms with van der Waals surface area (Å²) >= 11 is 12.1. The SMILES string of the molecule is O=C(Nc1cccc([N+](=O)[O-])c1)[C@@H]1CCCN1C(=O)c1cc(Cl)ccc1Cl. The van der Waals surface area contributed by atoms with Gasteiger partial charge in [0.05, 0.1) is 15.5 Å². The van der Waals surface area contributed by atoms with Crippen LogP contribution in [0, 0.1) is 10.1 Å². The number of halogens is 2. The number of non-ortho nitro benzene ring substituents is 1. The van der Waals surface area contributed by atoms with Crippen LogP contribution in [-0.4, -0.2) is 34.2 Å². The fourth-order valence-corrected chi connectivity index (χ4v) is 3.39. The summed E-state index contributed by atoms with van der Waals surface area (Å²) in [7, 11) is 0. The summed E-state index contributed by atoms with van der Waals surface area (Å²) in [5.74, 6) is -0.779. The summed E-state index contributed by atoms with van der Waals surface area (Å²) < 4.78 is 0. The Morgan fingerprint density at radius 3 is 2.70 bits per heavy atom. The van der Waals surface area contributed by atoms with Crippen molar-refractivity contribution in [3.63, 3.8) is 0 Å². The first-order valence-corrected chi connectivity index (χ1v) is 8.94. The first kappa shape index (κ1) is 19.1. The Kier molecular flexibility index (Phi) is 5.62. The molecule has 0 spiro atoms. The van der Waals surface area contributed by atoms with E-state index in [2.05, 4.69) is 5.32 Å². The van der Waals surface area contributed by atoms with Crippen LogP contribution in [0.3, 0.4) is 0 Å². The van der Waals surface area contributed by atoms with Crippen LogP contribution < -0.4 is 5.32 Å². The quantitative estimate of drug-likeness (QED) is 0.608. The largest absolute Gasteiger partial charge is 0.327 e. The minimum Gasteiger partial charge on any atom is -0.327 e. The number of hydrogen-bond acceptors (Lipinski definition) is 4. The molecule has 1 heterocycles. The highest BCUT2D eigenvalue weighted by Crippen LogP contribution is 2.27. The first-order valence-electron chi connectivity index (χ1n) is 8.18. The second-order valence-corrected chi connectivity index (χ2v) is 6.92. The third kappa shape index (κ3) is 4.20. The van der Waals surface area contributed by atoms with Crippen LogP contribution in [-0.2, 0) is 4.79 Å². The van der Waals surface area contributed by atoms with Gasteiger partial charge in [0.25, 0.3) is 11.6 Å². The highest BCUT2D eigenvalue weighted by atomic mass is 35.5. The standard InChI is InChI=1S/C18H15Cl2N3O4/c19-11-6-7-15(20)14(9-11)18(25)22-8-2-5-16(22)17(24)21-12-3-1-4-13(10-12)23(26)27/h1,3-4,6-7,9-10,16H,2,5,8H2,(H,21,24)/t16-/m0/s1. The highest BCUT2D eigenvalue weighted by Gasteiger charge is 2.35. The molecule has 1 saturated heterocycles. The van der Waals surface area contributed by atoms with Crippen molar-refractivity contribution in [1.29, 1.82) is 0 Å². The van der Waals surface area contributed by atoms with E-state index in [9.17, 15) is 19.7 Å².